The zero-order valence-corrected chi connectivity index (χ0v) is 9.85. The number of amides is 1. The molecule has 1 amide bonds. The summed E-state index contributed by atoms with van der Waals surface area (Å²) in [6, 6.07) is 0.975. The van der Waals surface area contributed by atoms with Gasteiger partial charge in [0.25, 0.3) is 0 Å². The van der Waals surface area contributed by atoms with Crippen LogP contribution in [0.1, 0.15) is 31.5 Å². The highest BCUT2D eigenvalue weighted by Gasteiger charge is 2.23. The Labute approximate surface area is 101 Å². The first-order valence-corrected chi connectivity index (χ1v) is 6.34. The van der Waals surface area contributed by atoms with Gasteiger partial charge in [-0.1, -0.05) is 0 Å². The lowest BCUT2D eigenvalue weighted by molar-refractivity contribution is -0.119. The number of imidazole rings is 1. The largest absolute Gasteiger partial charge is 0.352 e. The van der Waals surface area contributed by atoms with E-state index in [0.29, 0.717) is 12.5 Å². The Kier molecular flexibility index (Phi) is 2.84. The Hall–Kier alpha value is -1.36. The molecule has 0 bridgehead atoms. The molecule has 1 aromatic heterocycles. The Morgan fingerprint density at radius 3 is 3.06 bits per heavy atom. The van der Waals surface area contributed by atoms with Gasteiger partial charge in [-0.15, -0.1) is 0 Å². The fourth-order valence-corrected chi connectivity index (χ4v) is 2.25. The van der Waals surface area contributed by atoms with Crippen molar-refractivity contribution in [2.24, 2.45) is 0 Å². The summed E-state index contributed by atoms with van der Waals surface area (Å²) in [6.45, 7) is 1.67. The molecule has 2 heterocycles. The number of rotatable bonds is 5. The lowest BCUT2D eigenvalue weighted by Crippen LogP contribution is -2.30. The molecule has 1 unspecified atom stereocenters. The predicted molar refractivity (Wildman–Crippen MR) is 63.3 cm³/mol. The van der Waals surface area contributed by atoms with Crippen molar-refractivity contribution in [2.75, 3.05) is 0 Å². The second kappa shape index (κ2) is 4.49. The van der Waals surface area contributed by atoms with E-state index in [1.54, 1.807) is 0 Å². The number of carbonyl (C=O) groups is 1. The Morgan fingerprint density at radius 2 is 2.35 bits per heavy atom. The zero-order valence-electron chi connectivity index (χ0n) is 9.85. The van der Waals surface area contributed by atoms with Gasteiger partial charge in [0.05, 0.1) is 6.54 Å². The van der Waals surface area contributed by atoms with E-state index in [1.165, 1.54) is 12.8 Å². The van der Waals surface area contributed by atoms with Crippen LogP contribution < -0.4 is 10.6 Å². The minimum atomic E-state index is 0.174. The fraction of sp³-hybridized carbons (Fsp3) is 0.667. The molecule has 1 atom stereocenters. The highest BCUT2D eigenvalue weighted by Crippen LogP contribution is 2.19. The van der Waals surface area contributed by atoms with E-state index in [-0.39, 0.29) is 11.9 Å². The SMILES string of the molecule is O=C1CCC(Cn2ccnc2CNC2CC2)N1. The van der Waals surface area contributed by atoms with Gasteiger partial charge in [-0.3, -0.25) is 4.79 Å². The van der Waals surface area contributed by atoms with Crippen molar-refractivity contribution >= 4 is 5.91 Å². The molecule has 5 heteroatoms. The number of nitrogens with one attached hydrogen (secondary N) is 2. The molecule has 2 aliphatic rings. The van der Waals surface area contributed by atoms with Crippen LogP contribution in [0.2, 0.25) is 0 Å². The average Bonchev–Trinajstić information content (AvgIpc) is 2.90. The molecule has 1 aromatic rings. The van der Waals surface area contributed by atoms with Crippen molar-refractivity contribution in [1.29, 1.82) is 0 Å². The normalized spacial score (nSPS) is 24.0. The van der Waals surface area contributed by atoms with Crippen LogP contribution in [0.25, 0.3) is 0 Å². The molecule has 5 nitrogen and oxygen atoms in total. The third-order valence-electron chi connectivity index (χ3n) is 3.43. The van der Waals surface area contributed by atoms with E-state index < -0.39 is 0 Å². The maximum atomic E-state index is 11.1. The average molecular weight is 234 g/mol. The molecular weight excluding hydrogens is 216 g/mol. The summed E-state index contributed by atoms with van der Waals surface area (Å²) < 4.78 is 2.14. The summed E-state index contributed by atoms with van der Waals surface area (Å²) >= 11 is 0. The maximum Gasteiger partial charge on any atom is 0.220 e. The summed E-state index contributed by atoms with van der Waals surface area (Å²) in [5.41, 5.74) is 0. The van der Waals surface area contributed by atoms with Crippen molar-refractivity contribution < 1.29 is 4.79 Å². The van der Waals surface area contributed by atoms with E-state index in [2.05, 4.69) is 20.2 Å². The van der Waals surface area contributed by atoms with E-state index >= 15 is 0 Å². The van der Waals surface area contributed by atoms with Crippen molar-refractivity contribution in [3.8, 4) is 0 Å². The highest BCUT2D eigenvalue weighted by atomic mass is 16.1. The topological polar surface area (TPSA) is 59.0 Å². The zero-order chi connectivity index (χ0) is 11.7. The Morgan fingerprint density at radius 1 is 1.47 bits per heavy atom. The van der Waals surface area contributed by atoms with Crippen LogP contribution in [0.5, 0.6) is 0 Å². The van der Waals surface area contributed by atoms with Crippen LogP contribution in [0.4, 0.5) is 0 Å². The van der Waals surface area contributed by atoms with Gasteiger partial charge < -0.3 is 15.2 Å². The smallest absolute Gasteiger partial charge is 0.220 e. The van der Waals surface area contributed by atoms with Crippen LogP contribution in [0.3, 0.4) is 0 Å². The van der Waals surface area contributed by atoms with Gasteiger partial charge in [0.15, 0.2) is 0 Å². The van der Waals surface area contributed by atoms with Crippen molar-refractivity contribution in [1.82, 2.24) is 20.2 Å². The first kappa shape index (κ1) is 10.8. The Balaban J connectivity index is 1.57. The van der Waals surface area contributed by atoms with Crippen LogP contribution in [0.15, 0.2) is 12.4 Å². The van der Waals surface area contributed by atoms with Gasteiger partial charge in [-0.25, -0.2) is 4.98 Å². The van der Waals surface area contributed by atoms with Gasteiger partial charge in [-0.05, 0) is 19.3 Å². The minimum absolute atomic E-state index is 0.174. The predicted octanol–water partition coefficient (Wildman–Crippen LogP) is 0.414. The standard InChI is InChI=1S/C12H18N4O/c17-12-4-3-10(15-12)8-16-6-5-13-11(16)7-14-9-1-2-9/h5-6,9-10,14H,1-4,7-8H2,(H,15,17). The molecule has 3 rings (SSSR count). The first-order chi connectivity index (χ1) is 8.31. The van der Waals surface area contributed by atoms with Gasteiger partial charge in [0.2, 0.25) is 5.91 Å². The number of carbonyl (C=O) groups excluding carboxylic acids is 1. The molecular formula is C12H18N4O. The second-order valence-electron chi connectivity index (χ2n) is 4.95. The number of hydrogen-bond acceptors (Lipinski definition) is 3. The number of hydrogen-bond donors (Lipinski definition) is 2. The maximum absolute atomic E-state index is 11.1. The number of nitrogens with zero attached hydrogens (tertiary/aromatic N) is 2. The lowest BCUT2D eigenvalue weighted by Gasteiger charge is -2.13. The monoisotopic (exact) mass is 234 g/mol. The van der Waals surface area contributed by atoms with Crippen molar-refractivity contribution in [3.63, 3.8) is 0 Å². The second-order valence-corrected chi connectivity index (χ2v) is 4.95. The molecule has 1 aliphatic carbocycles. The third-order valence-corrected chi connectivity index (χ3v) is 3.43. The van der Waals surface area contributed by atoms with Gasteiger partial charge in [0.1, 0.15) is 5.82 Å². The van der Waals surface area contributed by atoms with E-state index in [0.717, 1.165) is 25.3 Å². The van der Waals surface area contributed by atoms with Crippen molar-refractivity contribution in [2.45, 2.75) is 50.9 Å². The summed E-state index contributed by atoms with van der Waals surface area (Å²) in [4.78, 5) is 15.5. The molecule has 0 spiro atoms. The summed E-state index contributed by atoms with van der Waals surface area (Å²) in [5.74, 6) is 1.24. The van der Waals surface area contributed by atoms with Crippen molar-refractivity contribution in [3.05, 3.63) is 18.2 Å². The summed E-state index contributed by atoms with van der Waals surface area (Å²) in [7, 11) is 0. The molecule has 2 fully saturated rings. The van der Waals surface area contributed by atoms with Crippen LogP contribution >= 0.6 is 0 Å². The van der Waals surface area contributed by atoms with Crippen LogP contribution in [0, 0.1) is 0 Å². The van der Waals surface area contributed by atoms with Gasteiger partial charge in [-0.2, -0.15) is 0 Å². The van der Waals surface area contributed by atoms with Gasteiger partial charge in [0, 0.05) is 37.4 Å². The minimum Gasteiger partial charge on any atom is -0.352 e. The van der Waals surface area contributed by atoms with E-state index in [4.69, 9.17) is 0 Å². The summed E-state index contributed by atoms with van der Waals surface area (Å²) in [5, 5.41) is 6.45. The van der Waals surface area contributed by atoms with Crippen LogP contribution in [-0.4, -0.2) is 27.5 Å². The summed E-state index contributed by atoms with van der Waals surface area (Å²) in [6.07, 6.45) is 8.01. The quantitative estimate of drug-likeness (QED) is 0.776. The molecule has 0 radical (unpaired) electrons. The molecule has 1 aliphatic heterocycles. The molecule has 1 saturated carbocycles. The first-order valence-electron chi connectivity index (χ1n) is 6.34. The fourth-order valence-electron chi connectivity index (χ4n) is 2.25. The van der Waals surface area contributed by atoms with Gasteiger partial charge >= 0.3 is 0 Å². The Bertz CT molecular complexity index is 410. The highest BCUT2D eigenvalue weighted by molar-refractivity contribution is 5.78. The van der Waals surface area contributed by atoms with E-state index in [1.807, 2.05) is 12.4 Å². The molecule has 1 saturated heterocycles. The molecule has 2 N–H and O–H groups in total. The molecule has 0 aromatic carbocycles. The lowest BCUT2D eigenvalue weighted by atomic mass is 10.2. The molecule has 17 heavy (non-hydrogen) atoms. The van der Waals surface area contributed by atoms with E-state index in [9.17, 15) is 4.79 Å². The number of aromatic nitrogens is 2. The van der Waals surface area contributed by atoms with Crippen LogP contribution in [-0.2, 0) is 17.9 Å². The third kappa shape index (κ3) is 2.66. The molecule has 92 valence electrons.